The molecule has 1 unspecified atom stereocenters. The molecule has 0 amide bonds. The van der Waals surface area contributed by atoms with Crippen LogP contribution in [0.5, 0.6) is 0 Å². The van der Waals surface area contributed by atoms with Gasteiger partial charge in [-0.25, -0.2) is 4.57 Å². The molecule has 0 aliphatic rings. The summed E-state index contributed by atoms with van der Waals surface area (Å²) in [6.07, 6.45) is 49.5. The summed E-state index contributed by atoms with van der Waals surface area (Å²) in [4.78, 5) is 35.4. The van der Waals surface area contributed by atoms with Crippen LogP contribution in [0.1, 0.15) is 168 Å². The maximum Gasteiger partial charge on any atom is 0.472 e. The first-order chi connectivity index (χ1) is 28.0. The van der Waals surface area contributed by atoms with Crippen molar-refractivity contribution in [1.82, 2.24) is 0 Å². The van der Waals surface area contributed by atoms with E-state index in [1.54, 1.807) is 0 Å². The van der Waals surface area contributed by atoms with Crippen molar-refractivity contribution in [3.05, 3.63) is 72.9 Å². The molecule has 9 nitrogen and oxygen atoms in total. The van der Waals surface area contributed by atoms with Gasteiger partial charge in [-0.1, -0.05) is 151 Å². The van der Waals surface area contributed by atoms with E-state index >= 15 is 0 Å². The number of rotatable bonds is 40. The molecule has 2 atom stereocenters. The molecule has 58 heavy (non-hydrogen) atoms. The molecule has 10 heteroatoms. The van der Waals surface area contributed by atoms with Crippen molar-refractivity contribution in [1.29, 1.82) is 0 Å². The second kappa shape index (κ2) is 39.9. The molecule has 0 aliphatic carbocycles. The number of nitrogens with zero attached hydrogens (tertiary/aromatic N) is 1. The third kappa shape index (κ3) is 43.0. The number of carbonyl (C=O) groups is 2. The van der Waals surface area contributed by atoms with Gasteiger partial charge in [0.15, 0.2) is 6.10 Å². The smallest absolute Gasteiger partial charge is 0.462 e. The molecule has 1 N–H and O–H groups in total. The monoisotopic (exact) mass is 835 g/mol. The molecule has 0 fully saturated rings. The van der Waals surface area contributed by atoms with Crippen LogP contribution >= 0.6 is 7.82 Å². The number of unbranched alkanes of at least 4 members (excludes halogenated alkanes) is 14. The highest BCUT2D eigenvalue weighted by atomic mass is 31.2. The highest BCUT2D eigenvalue weighted by Crippen LogP contribution is 2.43. The largest absolute Gasteiger partial charge is 0.472 e. The van der Waals surface area contributed by atoms with Gasteiger partial charge in [-0.05, 0) is 77.0 Å². The molecule has 0 aromatic carbocycles. The maximum atomic E-state index is 12.7. The maximum absolute atomic E-state index is 12.7. The van der Waals surface area contributed by atoms with E-state index in [-0.39, 0.29) is 26.1 Å². The van der Waals surface area contributed by atoms with Gasteiger partial charge in [-0.2, -0.15) is 0 Å². The molecule has 0 spiro atoms. The van der Waals surface area contributed by atoms with Crippen molar-refractivity contribution in [3.8, 4) is 0 Å². The van der Waals surface area contributed by atoms with Crippen molar-refractivity contribution < 1.29 is 42.1 Å². The zero-order valence-electron chi connectivity index (χ0n) is 37.5. The standard InChI is InChI=1S/C48H84NO8P/c1-6-8-10-12-14-16-18-20-22-24-26-28-30-32-34-36-38-40-47(50)54-44-46(45-56-58(52,53)55-43-42-49(3,4)5)57-48(51)41-39-37-35-33-31-29-27-25-23-21-19-17-15-13-11-9-7-2/h8,10,14,16-17,19-20,22,26,28,32,34,46H,6-7,9,11-13,15,18,21,23-25,27,29-31,33,35-45H2,1-5H3/p+1/b10-8+,16-14+,19-17+,22-20+,28-26+,34-32+/t46-/m1/s1. The van der Waals surface area contributed by atoms with Crippen LogP contribution in [0, 0.1) is 0 Å². The van der Waals surface area contributed by atoms with Crippen molar-refractivity contribution in [3.63, 3.8) is 0 Å². The van der Waals surface area contributed by atoms with Gasteiger partial charge in [0.25, 0.3) is 0 Å². The zero-order chi connectivity index (χ0) is 42.8. The lowest BCUT2D eigenvalue weighted by Gasteiger charge is -2.24. The molecule has 0 aromatic rings. The van der Waals surface area contributed by atoms with E-state index in [0.29, 0.717) is 23.9 Å². The van der Waals surface area contributed by atoms with Crippen LogP contribution in [-0.4, -0.2) is 74.9 Å². The Balaban J connectivity index is 4.44. The molecular formula is C48H85NO8P+. The lowest BCUT2D eigenvalue weighted by molar-refractivity contribution is -0.870. The van der Waals surface area contributed by atoms with Crippen molar-refractivity contribution in [2.45, 2.75) is 174 Å². The fraction of sp³-hybridized carbons (Fsp3) is 0.708. The van der Waals surface area contributed by atoms with Gasteiger partial charge in [0.2, 0.25) is 0 Å². The fourth-order valence-electron chi connectivity index (χ4n) is 5.69. The Kier molecular flexibility index (Phi) is 38.1. The summed E-state index contributed by atoms with van der Waals surface area (Å²) in [5.41, 5.74) is 0. The van der Waals surface area contributed by atoms with E-state index in [4.69, 9.17) is 18.5 Å². The van der Waals surface area contributed by atoms with Crippen LogP contribution in [0.3, 0.4) is 0 Å². The number of hydrogen-bond acceptors (Lipinski definition) is 7. The van der Waals surface area contributed by atoms with Crippen LogP contribution < -0.4 is 0 Å². The minimum absolute atomic E-state index is 0.0194. The molecule has 0 aliphatic heterocycles. The molecule has 0 rings (SSSR count). The molecule has 0 heterocycles. The highest BCUT2D eigenvalue weighted by Gasteiger charge is 2.27. The number of esters is 2. The van der Waals surface area contributed by atoms with Gasteiger partial charge in [0.1, 0.15) is 19.8 Å². The first kappa shape index (κ1) is 55.5. The van der Waals surface area contributed by atoms with Crippen molar-refractivity contribution in [2.75, 3.05) is 47.5 Å². The molecule has 0 radical (unpaired) electrons. The predicted octanol–water partition coefficient (Wildman–Crippen LogP) is 13.0. The summed E-state index contributed by atoms with van der Waals surface area (Å²) >= 11 is 0. The van der Waals surface area contributed by atoms with E-state index in [0.717, 1.165) is 57.8 Å². The second-order valence-electron chi connectivity index (χ2n) is 16.0. The van der Waals surface area contributed by atoms with Gasteiger partial charge in [0, 0.05) is 12.8 Å². The molecular weight excluding hydrogens is 750 g/mol. The third-order valence-electron chi connectivity index (χ3n) is 9.22. The molecule has 0 aromatic heterocycles. The van der Waals surface area contributed by atoms with E-state index < -0.39 is 32.5 Å². The summed E-state index contributed by atoms with van der Waals surface area (Å²) in [7, 11) is 1.43. The first-order valence-corrected chi connectivity index (χ1v) is 24.2. The van der Waals surface area contributed by atoms with Crippen LogP contribution in [0.2, 0.25) is 0 Å². The number of carbonyl (C=O) groups excluding carboxylic acids is 2. The lowest BCUT2D eigenvalue weighted by Crippen LogP contribution is -2.37. The van der Waals surface area contributed by atoms with Gasteiger partial charge < -0.3 is 18.9 Å². The summed E-state index contributed by atoms with van der Waals surface area (Å²) in [6.45, 7) is 4.22. The van der Waals surface area contributed by atoms with Gasteiger partial charge in [0.05, 0.1) is 27.7 Å². The Labute approximate surface area is 355 Å². The Morgan fingerprint density at radius 3 is 1.53 bits per heavy atom. The number of phosphoric acid groups is 1. The summed E-state index contributed by atoms with van der Waals surface area (Å²) < 4.78 is 34.3. The summed E-state index contributed by atoms with van der Waals surface area (Å²) in [5.74, 6) is -0.874. The number of hydrogen-bond donors (Lipinski definition) is 1. The zero-order valence-corrected chi connectivity index (χ0v) is 38.4. The molecule has 0 bridgehead atoms. The average Bonchev–Trinajstić information content (AvgIpc) is 3.17. The SMILES string of the molecule is CC/C=C/C/C=C/C/C=C/C/C=C/C/C=C/CCCC(=O)OC[C@H](COP(=O)(O)OCC[N+](C)(C)C)OC(=O)CCCCCCCCCCC/C=C/CCCCCC. The Bertz CT molecular complexity index is 1220. The average molecular weight is 835 g/mol. The van der Waals surface area contributed by atoms with Gasteiger partial charge in [-0.3, -0.25) is 18.6 Å². The van der Waals surface area contributed by atoms with E-state index in [2.05, 4.69) is 86.8 Å². The number of quaternary nitrogens is 1. The summed E-state index contributed by atoms with van der Waals surface area (Å²) in [6, 6.07) is 0. The van der Waals surface area contributed by atoms with Crippen LogP contribution in [0.15, 0.2) is 72.9 Å². The summed E-state index contributed by atoms with van der Waals surface area (Å²) in [5, 5.41) is 0. The second-order valence-corrected chi connectivity index (χ2v) is 17.5. The highest BCUT2D eigenvalue weighted by molar-refractivity contribution is 7.47. The predicted molar refractivity (Wildman–Crippen MR) is 242 cm³/mol. The number of allylic oxidation sites excluding steroid dienone is 12. The minimum Gasteiger partial charge on any atom is -0.462 e. The fourth-order valence-corrected chi connectivity index (χ4v) is 6.43. The van der Waals surface area contributed by atoms with Crippen LogP contribution in [0.4, 0.5) is 0 Å². The third-order valence-corrected chi connectivity index (χ3v) is 10.2. The number of phosphoric ester groups is 1. The number of likely N-dealkylation sites (N-methyl/N-ethyl adjacent to an activating group) is 1. The van der Waals surface area contributed by atoms with Gasteiger partial charge >= 0.3 is 19.8 Å². The van der Waals surface area contributed by atoms with E-state index in [1.165, 1.54) is 70.6 Å². The topological polar surface area (TPSA) is 108 Å². The van der Waals surface area contributed by atoms with Gasteiger partial charge in [-0.15, -0.1) is 0 Å². The quantitative estimate of drug-likeness (QED) is 0.0214. The van der Waals surface area contributed by atoms with Crippen LogP contribution in [0.25, 0.3) is 0 Å². The lowest BCUT2D eigenvalue weighted by atomic mass is 10.1. The Morgan fingerprint density at radius 1 is 0.552 bits per heavy atom. The van der Waals surface area contributed by atoms with Crippen molar-refractivity contribution >= 4 is 19.8 Å². The Morgan fingerprint density at radius 2 is 1.00 bits per heavy atom. The van der Waals surface area contributed by atoms with E-state index in [1.807, 2.05) is 21.1 Å². The minimum atomic E-state index is -4.39. The normalized spacial score (nSPS) is 14.2. The molecule has 0 saturated carbocycles. The van der Waals surface area contributed by atoms with Crippen LogP contribution in [-0.2, 0) is 32.7 Å². The Hall–Kier alpha value is -2.55. The van der Waals surface area contributed by atoms with E-state index in [9.17, 15) is 19.0 Å². The molecule has 334 valence electrons. The first-order valence-electron chi connectivity index (χ1n) is 22.7. The van der Waals surface area contributed by atoms with Crippen molar-refractivity contribution in [2.24, 2.45) is 0 Å². The number of ether oxygens (including phenoxy) is 2. The molecule has 0 saturated heterocycles.